The Hall–Kier alpha value is -1.82. The van der Waals surface area contributed by atoms with Gasteiger partial charge in [0.2, 0.25) is 5.91 Å². The molecule has 0 bridgehead atoms. The molecular formula is C21H33N3O3. The molecule has 1 aliphatic heterocycles. The zero-order valence-corrected chi connectivity index (χ0v) is 16.9. The Morgan fingerprint density at radius 3 is 2.63 bits per heavy atom. The highest BCUT2D eigenvalue weighted by molar-refractivity contribution is 5.95. The first kappa shape index (κ1) is 19.9. The largest absolute Gasteiger partial charge is 0.376 e. The number of aryl methyl sites for hydroxylation is 1. The van der Waals surface area contributed by atoms with Gasteiger partial charge in [0, 0.05) is 44.6 Å². The first-order valence-corrected chi connectivity index (χ1v) is 10.3. The molecule has 3 rings (SSSR count). The fourth-order valence-electron chi connectivity index (χ4n) is 4.26. The number of likely N-dealkylation sites (tertiary alicyclic amines) is 1. The van der Waals surface area contributed by atoms with Crippen LogP contribution in [0.3, 0.4) is 0 Å². The van der Waals surface area contributed by atoms with Crippen LogP contribution in [0.2, 0.25) is 0 Å². The van der Waals surface area contributed by atoms with Crippen molar-refractivity contribution < 1.29 is 14.3 Å². The molecule has 1 aromatic rings. The second kappa shape index (κ2) is 8.91. The first-order chi connectivity index (χ1) is 13.0. The topological polar surface area (TPSA) is 63.6 Å². The molecule has 1 saturated carbocycles. The zero-order chi connectivity index (χ0) is 19.4. The van der Waals surface area contributed by atoms with E-state index in [0.717, 1.165) is 50.9 Å². The van der Waals surface area contributed by atoms with Crippen LogP contribution < -0.4 is 5.32 Å². The maximum atomic E-state index is 12.8. The first-order valence-electron chi connectivity index (χ1n) is 10.3. The van der Waals surface area contributed by atoms with E-state index in [4.69, 9.17) is 4.74 Å². The molecule has 2 amide bonds. The Labute approximate surface area is 162 Å². The minimum absolute atomic E-state index is 0.0246. The number of aromatic nitrogens is 1. The molecule has 3 atom stereocenters. The number of hydrogen-bond acceptors (Lipinski definition) is 3. The van der Waals surface area contributed by atoms with Gasteiger partial charge in [-0.15, -0.1) is 0 Å². The lowest BCUT2D eigenvalue weighted by Gasteiger charge is -2.37. The maximum absolute atomic E-state index is 12.8. The van der Waals surface area contributed by atoms with Crippen LogP contribution in [0.5, 0.6) is 0 Å². The summed E-state index contributed by atoms with van der Waals surface area (Å²) >= 11 is 0. The predicted molar refractivity (Wildman–Crippen MR) is 105 cm³/mol. The van der Waals surface area contributed by atoms with E-state index in [1.807, 2.05) is 35.7 Å². The van der Waals surface area contributed by atoms with Gasteiger partial charge >= 0.3 is 0 Å². The molecule has 1 N–H and O–H groups in total. The summed E-state index contributed by atoms with van der Waals surface area (Å²) in [6.07, 6.45) is 7.28. The molecule has 6 nitrogen and oxygen atoms in total. The van der Waals surface area contributed by atoms with E-state index >= 15 is 0 Å². The van der Waals surface area contributed by atoms with E-state index in [9.17, 15) is 9.59 Å². The van der Waals surface area contributed by atoms with Crippen LogP contribution in [0, 0.1) is 12.8 Å². The minimum Gasteiger partial charge on any atom is -0.376 e. The maximum Gasteiger partial charge on any atom is 0.253 e. The quantitative estimate of drug-likeness (QED) is 0.831. The summed E-state index contributed by atoms with van der Waals surface area (Å²) in [6, 6.07) is 1.82. The van der Waals surface area contributed by atoms with Crippen LogP contribution in [-0.4, -0.2) is 53.1 Å². The third-order valence-electron chi connectivity index (χ3n) is 6.04. The summed E-state index contributed by atoms with van der Waals surface area (Å²) in [7, 11) is 1.94. The number of carbonyl (C=O) groups excluding carboxylic acids is 2. The van der Waals surface area contributed by atoms with Crippen LogP contribution in [0.4, 0.5) is 0 Å². The Bertz CT molecular complexity index is 664. The van der Waals surface area contributed by atoms with Gasteiger partial charge in [0.25, 0.3) is 5.91 Å². The van der Waals surface area contributed by atoms with Crippen LogP contribution in [0.25, 0.3) is 0 Å². The molecule has 2 aliphatic rings. The van der Waals surface area contributed by atoms with Crippen molar-refractivity contribution in [2.24, 2.45) is 13.0 Å². The van der Waals surface area contributed by atoms with Crippen molar-refractivity contribution >= 4 is 11.8 Å². The highest BCUT2D eigenvalue weighted by atomic mass is 16.5. The van der Waals surface area contributed by atoms with Gasteiger partial charge in [-0.05, 0) is 51.5 Å². The summed E-state index contributed by atoms with van der Waals surface area (Å²) < 4.78 is 8.02. The number of ether oxygens (including phenoxy) is 1. The molecule has 0 radical (unpaired) electrons. The van der Waals surface area contributed by atoms with Gasteiger partial charge in [-0.2, -0.15) is 0 Å². The number of carbonyl (C=O) groups is 2. The average molecular weight is 376 g/mol. The Kier molecular flexibility index (Phi) is 6.58. The van der Waals surface area contributed by atoms with Crippen LogP contribution >= 0.6 is 0 Å². The zero-order valence-electron chi connectivity index (χ0n) is 16.9. The van der Waals surface area contributed by atoms with E-state index in [0.29, 0.717) is 18.6 Å². The smallest absolute Gasteiger partial charge is 0.253 e. The number of rotatable bonds is 6. The van der Waals surface area contributed by atoms with Gasteiger partial charge in [-0.1, -0.05) is 6.92 Å². The molecule has 0 spiro atoms. The molecular weight excluding hydrogens is 342 g/mol. The molecule has 1 saturated heterocycles. The number of nitrogens with one attached hydrogen (secondary N) is 1. The number of amides is 2. The Balaban J connectivity index is 1.64. The lowest BCUT2D eigenvalue weighted by atomic mass is 9.82. The van der Waals surface area contributed by atoms with Crippen LogP contribution in [-0.2, 0) is 16.6 Å². The van der Waals surface area contributed by atoms with Crippen LogP contribution in [0.1, 0.15) is 61.5 Å². The predicted octanol–water partition coefficient (Wildman–Crippen LogP) is 2.65. The molecule has 2 fully saturated rings. The van der Waals surface area contributed by atoms with Crippen molar-refractivity contribution in [3.05, 3.63) is 23.5 Å². The lowest BCUT2D eigenvalue weighted by molar-refractivity contribution is -0.138. The van der Waals surface area contributed by atoms with Gasteiger partial charge in [-0.25, -0.2) is 0 Å². The Morgan fingerprint density at radius 2 is 2.00 bits per heavy atom. The number of hydrogen-bond donors (Lipinski definition) is 1. The average Bonchev–Trinajstić information content (AvgIpc) is 3.31. The third kappa shape index (κ3) is 4.54. The highest BCUT2D eigenvalue weighted by Gasteiger charge is 2.37. The van der Waals surface area contributed by atoms with Gasteiger partial charge < -0.3 is 19.5 Å². The van der Waals surface area contributed by atoms with Gasteiger partial charge in [-0.3, -0.25) is 9.59 Å². The molecule has 2 heterocycles. The van der Waals surface area contributed by atoms with Crippen molar-refractivity contribution in [3.8, 4) is 0 Å². The SMILES string of the molecule is CCCO[C@@H]1C[C@@H](C(=O)N2CCCC2)CC[C@H]1NC(=O)c1ccn(C)c1C. The molecule has 0 unspecified atom stereocenters. The molecule has 1 aliphatic carbocycles. The van der Waals surface area contributed by atoms with E-state index in [1.54, 1.807) is 0 Å². The third-order valence-corrected chi connectivity index (χ3v) is 6.04. The standard InChI is InChI=1S/C21H33N3O3/c1-4-13-27-19-14-16(21(26)24-10-5-6-11-24)7-8-18(19)22-20(25)17-9-12-23(3)15(17)2/h9,12,16,18-19H,4-8,10-11,13-14H2,1-3H3,(H,22,25)/t16-,18+,19+/m0/s1. The monoisotopic (exact) mass is 375 g/mol. The molecule has 0 aromatic carbocycles. The second-order valence-electron chi connectivity index (χ2n) is 7.96. The van der Waals surface area contributed by atoms with Gasteiger partial charge in [0.1, 0.15) is 0 Å². The summed E-state index contributed by atoms with van der Waals surface area (Å²) in [5.41, 5.74) is 1.67. The summed E-state index contributed by atoms with van der Waals surface area (Å²) in [5.74, 6) is 0.255. The van der Waals surface area contributed by atoms with E-state index in [2.05, 4.69) is 12.2 Å². The van der Waals surface area contributed by atoms with Crippen molar-refractivity contribution in [2.45, 2.75) is 64.5 Å². The number of nitrogens with zero attached hydrogens (tertiary/aromatic N) is 2. The van der Waals surface area contributed by atoms with Crippen molar-refractivity contribution in [2.75, 3.05) is 19.7 Å². The lowest BCUT2D eigenvalue weighted by Crippen LogP contribution is -2.50. The van der Waals surface area contributed by atoms with E-state index < -0.39 is 0 Å². The van der Waals surface area contributed by atoms with Crippen molar-refractivity contribution in [1.82, 2.24) is 14.8 Å². The Morgan fingerprint density at radius 1 is 1.26 bits per heavy atom. The summed E-state index contributed by atoms with van der Waals surface area (Å²) in [6.45, 7) is 6.47. The molecule has 27 heavy (non-hydrogen) atoms. The minimum atomic E-state index is -0.0942. The highest BCUT2D eigenvalue weighted by Crippen LogP contribution is 2.30. The molecule has 1 aromatic heterocycles. The fourth-order valence-corrected chi connectivity index (χ4v) is 4.26. The fraction of sp³-hybridized carbons (Fsp3) is 0.714. The van der Waals surface area contributed by atoms with Gasteiger partial charge in [0.05, 0.1) is 17.7 Å². The normalized spacial score (nSPS) is 25.6. The van der Waals surface area contributed by atoms with Crippen LogP contribution in [0.15, 0.2) is 12.3 Å². The second-order valence-corrected chi connectivity index (χ2v) is 7.96. The van der Waals surface area contributed by atoms with E-state index in [-0.39, 0.29) is 29.9 Å². The summed E-state index contributed by atoms with van der Waals surface area (Å²) in [5, 5.41) is 3.18. The molecule has 150 valence electrons. The van der Waals surface area contributed by atoms with Crippen molar-refractivity contribution in [3.63, 3.8) is 0 Å². The van der Waals surface area contributed by atoms with Crippen molar-refractivity contribution in [1.29, 1.82) is 0 Å². The molecule has 6 heteroatoms. The summed E-state index contributed by atoms with van der Waals surface area (Å²) in [4.78, 5) is 27.5. The van der Waals surface area contributed by atoms with Gasteiger partial charge in [0.15, 0.2) is 0 Å². The van der Waals surface area contributed by atoms with E-state index in [1.165, 1.54) is 0 Å².